The summed E-state index contributed by atoms with van der Waals surface area (Å²) in [6, 6.07) is 10.1. The number of fused-ring (bicyclic) bond motifs is 1. The number of benzene rings is 1. The number of aromatic hydroxyl groups is 1. The highest BCUT2D eigenvalue weighted by atomic mass is 35.5. The number of ether oxygens (including phenoxy) is 1. The van der Waals surface area contributed by atoms with E-state index in [2.05, 4.69) is 15.2 Å². The van der Waals surface area contributed by atoms with Gasteiger partial charge in [-0.2, -0.15) is 0 Å². The molecule has 2 aromatic heterocycles. The van der Waals surface area contributed by atoms with E-state index >= 15 is 0 Å². The number of aromatic nitrogens is 2. The van der Waals surface area contributed by atoms with Gasteiger partial charge in [-0.15, -0.1) is 10.2 Å². The molecule has 0 unspecified atom stereocenters. The third kappa shape index (κ3) is 3.46. The second kappa shape index (κ2) is 6.90. The van der Waals surface area contributed by atoms with Gasteiger partial charge in [-0.3, -0.25) is 9.20 Å². The largest absolute Gasteiger partial charge is 0.506 e. The predicted octanol–water partition coefficient (Wildman–Crippen LogP) is 4.13. The minimum atomic E-state index is -0.428. The molecule has 7 nitrogen and oxygen atoms in total. The van der Waals surface area contributed by atoms with Crippen molar-refractivity contribution in [2.45, 2.75) is 13.3 Å². The van der Waals surface area contributed by atoms with Crippen molar-refractivity contribution in [2.24, 2.45) is 10.2 Å². The summed E-state index contributed by atoms with van der Waals surface area (Å²) in [5.74, 6) is -0.0748. The van der Waals surface area contributed by atoms with Gasteiger partial charge in [0.15, 0.2) is 5.82 Å². The Labute approximate surface area is 148 Å². The number of phenols is 1. The molecule has 0 aliphatic rings. The monoisotopic (exact) mass is 358 g/mol. The first-order valence-corrected chi connectivity index (χ1v) is 7.81. The molecule has 3 rings (SSSR count). The number of rotatable bonds is 4. The van der Waals surface area contributed by atoms with Gasteiger partial charge in [0.25, 0.3) is 0 Å². The number of imidazole rings is 1. The van der Waals surface area contributed by atoms with E-state index in [4.69, 9.17) is 16.3 Å². The van der Waals surface area contributed by atoms with Gasteiger partial charge in [-0.25, -0.2) is 4.98 Å². The van der Waals surface area contributed by atoms with Gasteiger partial charge in [0.2, 0.25) is 0 Å². The van der Waals surface area contributed by atoms with Crippen molar-refractivity contribution >= 4 is 34.7 Å². The quantitative estimate of drug-likeness (QED) is 0.561. The second-order valence-corrected chi connectivity index (χ2v) is 5.77. The highest BCUT2D eigenvalue weighted by molar-refractivity contribution is 6.30. The summed E-state index contributed by atoms with van der Waals surface area (Å²) in [5, 5.41) is 18.6. The highest BCUT2D eigenvalue weighted by Gasteiger charge is 2.17. The predicted molar refractivity (Wildman–Crippen MR) is 92.9 cm³/mol. The molecule has 25 heavy (non-hydrogen) atoms. The smallest absolute Gasteiger partial charge is 0.311 e. The summed E-state index contributed by atoms with van der Waals surface area (Å²) in [7, 11) is 1.31. The zero-order valence-electron chi connectivity index (χ0n) is 13.6. The van der Waals surface area contributed by atoms with E-state index in [9.17, 15) is 9.90 Å². The maximum atomic E-state index is 11.7. The normalized spacial score (nSPS) is 11.3. The summed E-state index contributed by atoms with van der Waals surface area (Å²) in [4.78, 5) is 16.1. The average molecular weight is 359 g/mol. The van der Waals surface area contributed by atoms with Crippen LogP contribution in [0.4, 0.5) is 11.5 Å². The Bertz CT molecular complexity index is 981. The SMILES string of the molecule is COC(=O)Cc1nc2cccc(C)n2c1N=Nc1cc(Cl)ccc1O. The summed E-state index contributed by atoms with van der Waals surface area (Å²) < 4.78 is 6.50. The van der Waals surface area contributed by atoms with E-state index in [-0.39, 0.29) is 17.9 Å². The molecule has 0 saturated heterocycles. The second-order valence-electron chi connectivity index (χ2n) is 5.33. The molecule has 0 aliphatic carbocycles. The van der Waals surface area contributed by atoms with Crippen LogP contribution in [0.5, 0.6) is 5.75 Å². The Kier molecular flexibility index (Phi) is 4.67. The number of azo groups is 1. The van der Waals surface area contributed by atoms with Crippen LogP contribution in [-0.4, -0.2) is 27.6 Å². The molecule has 0 radical (unpaired) electrons. The van der Waals surface area contributed by atoms with Crippen LogP contribution in [0.25, 0.3) is 5.65 Å². The molecule has 0 amide bonds. The van der Waals surface area contributed by atoms with Gasteiger partial charge in [-0.05, 0) is 37.3 Å². The topological polar surface area (TPSA) is 88.5 Å². The van der Waals surface area contributed by atoms with Crippen molar-refractivity contribution < 1.29 is 14.6 Å². The van der Waals surface area contributed by atoms with Crippen LogP contribution in [0.2, 0.25) is 5.02 Å². The number of aryl methyl sites for hydroxylation is 1. The first-order chi connectivity index (χ1) is 12.0. The number of halogens is 1. The van der Waals surface area contributed by atoms with Gasteiger partial charge in [0.1, 0.15) is 17.1 Å². The van der Waals surface area contributed by atoms with E-state index in [0.29, 0.717) is 22.2 Å². The lowest BCUT2D eigenvalue weighted by Gasteiger charge is -2.02. The lowest BCUT2D eigenvalue weighted by atomic mass is 10.3. The van der Waals surface area contributed by atoms with Crippen molar-refractivity contribution in [2.75, 3.05) is 7.11 Å². The molecule has 0 saturated carbocycles. The van der Waals surface area contributed by atoms with Crippen molar-refractivity contribution in [1.82, 2.24) is 9.38 Å². The molecule has 128 valence electrons. The molecule has 0 atom stereocenters. The van der Waals surface area contributed by atoms with Crippen LogP contribution in [0, 0.1) is 6.92 Å². The van der Waals surface area contributed by atoms with Gasteiger partial charge in [0.05, 0.1) is 19.2 Å². The van der Waals surface area contributed by atoms with Crippen LogP contribution in [-0.2, 0) is 16.0 Å². The molecule has 3 aromatic rings. The lowest BCUT2D eigenvalue weighted by molar-refractivity contribution is -0.139. The molecule has 0 fully saturated rings. The molecule has 8 heteroatoms. The number of nitrogens with zero attached hydrogens (tertiary/aromatic N) is 4. The minimum Gasteiger partial charge on any atom is -0.506 e. The van der Waals surface area contributed by atoms with Gasteiger partial charge < -0.3 is 9.84 Å². The molecular weight excluding hydrogens is 344 g/mol. The summed E-state index contributed by atoms with van der Waals surface area (Å²) in [5.41, 5.74) is 2.18. The molecule has 0 aliphatic heterocycles. The Morgan fingerprint density at radius 3 is 2.88 bits per heavy atom. The minimum absolute atomic E-state index is 0.0342. The Hall–Kier alpha value is -2.93. The maximum Gasteiger partial charge on any atom is 0.311 e. The molecular formula is C17H15ClN4O3. The maximum absolute atomic E-state index is 11.7. The zero-order chi connectivity index (χ0) is 18.0. The molecule has 0 bridgehead atoms. The van der Waals surface area contributed by atoms with Gasteiger partial charge >= 0.3 is 5.97 Å². The molecule has 2 heterocycles. The van der Waals surface area contributed by atoms with E-state index in [1.165, 1.54) is 19.2 Å². The number of hydrogen-bond acceptors (Lipinski definition) is 6. The number of methoxy groups -OCH3 is 1. The van der Waals surface area contributed by atoms with Crippen LogP contribution in [0.3, 0.4) is 0 Å². The van der Waals surface area contributed by atoms with Crippen molar-refractivity contribution in [3.8, 4) is 5.75 Å². The van der Waals surface area contributed by atoms with Gasteiger partial charge in [0, 0.05) is 10.7 Å². The van der Waals surface area contributed by atoms with Crippen LogP contribution in [0.15, 0.2) is 46.6 Å². The number of carbonyl (C=O) groups excluding carboxylic acids is 1. The van der Waals surface area contributed by atoms with Crippen molar-refractivity contribution in [3.05, 3.63) is 52.8 Å². The summed E-state index contributed by atoms with van der Waals surface area (Å²) >= 11 is 5.93. The first-order valence-electron chi connectivity index (χ1n) is 7.43. The Balaban J connectivity index is 2.12. The van der Waals surface area contributed by atoms with E-state index in [1.807, 2.05) is 25.1 Å². The third-order valence-electron chi connectivity index (χ3n) is 3.61. The number of esters is 1. The summed E-state index contributed by atoms with van der Waals surface area (Å²) in [6.45, 7) is 1.90. The van der Waals surface area contributed by atoms with E-state index in [1.54, 1.807) is 10.5 Å². The lowest BCUT2D eigenvalue weighted by Crippen LogP contribution is -2.04. The highest BCUT2D eigenvalue weighted by Crippen LogP contribution is 2.32. The van der Waals surface area contributed by atoms with Crippen LogP contribution in [0.1, 0.15) is 11.4 Å². The molecule has 1 N–H and O–H groups in total. The number of pyridine rings is 1. The third-order valence-corrected chi connectivity index (χ3v) is 3.85. The fourth-order valence-corrected chi connectivity index (χ4v) is 2.56. The molecule has 1 aromatic carbocycles. The van der Waals surface area contributed by atoms with E-state index in [0.717, 1.165) is 5.69 Å². The van der Waals surface area contributed by atoms with Crippen molar-refractivity contribution in [1.29, 1.82) is 0 Å². The number of phenolic OH excluding ortho intramolecular Hbond substituents is 1. The number of carbonyl (C=O) groups is 1. The summed E-state index contributed by atoms with van der Waals surface area (Å²) in [6.07, 6.45) is -0.0342. The number of hydrogen-bond donors (Lipinski definition) is 1. The van der Waals surface area contributed by atoms with Crippen LogP contribution < -0.4 is 0 Å². The Morgan fingerprint density at radius 1 is 1.32 bits per heavy atom. The average Bonchev–Trinajstić information content (AvgIpc) is 2.94. The first kappa shape index (κ1) is 16.9. The Morgan fingerprint density at radius 2 is 2.12 bits per heavy atom. The zero-order valence-corrected chi connectivity index (χ0v) is 14.4. The van der Waals surface area contributed by atoms with Gasteiger partial charge in [-0.1, -0.05) is 17.7 Å². The molecule has 0 spiro atoms. The van der Waals surface area contributed by atoms with Crippen LogP contribution >= 0.6 is 11.6 Å². The van der Waals surface area contributed by atoms with E-state index < -0.39 is 5.97 Å². The fraction of sp³-hybridized carbons (Fsp3) is 0.176. The fourth-order valence-electron chi connectivity index (χ4n) is 2.39. The standard InChI is InChI=1S/C17H15ClN4O3/c1-10-4-3-5-15-19-13(9-16(24)25-2)17(22(10)15)21-20-12-8-11(18)6-7-14(12)23/h3-8,23H,9H2,1-2H3. The van der Waals surface area contributed by atoms with Crippen molar-refractivity contribution in [3.63, 3.8) is 0 Å².